The number of phenols is 1. The van der Waals surface area contributed by atoms with Gasteiger partial charge in [-0.3, -0.25) is 24.0 Å². The fraction of sp³-hybridized carbons (Fsp3) is 0.441. The number of aromatic amines is 1. The zero-order valence-electron chi connectivity index (χ0n) is 27.2. The van der Waals surface area contributed by atoms with Crippen LogP contribution in [-0.2, 0) is 36.8 Å². The number of thiol groups is 1. The topological polar surface area (TPSA) is 222 Å². The Hall–Kier alpha value is -4.40. The van der Waals surface area contributed by atoms with Crippen LogP contribution in [-0.4, -0.2) is 82.5 Å². The maximum Gasteiger partial charge on any atom is 0.243 e. The minimum absolute atomic E-state index is 0.0356. The molecule has 0 unspecified atom stereocenters. The van der Waals surface area contributed by atoms with Crippen LogP contribution in [0.2, 0.25) is 0 Å². The predicted molar refractivity (Wildman–Crippen MR) is 187 cm³/mol. The minimum atomic E-state index is -1.11. The average Bonchev–Trinajstić information content (AvgIpc) is 3.48. The van der Waals surface area contributed by atoms with E-state index in [0.29, 0.717) is 19.4 Å². The predicted octanol–water partition coefficient (Wildman–Crippen LogP) is 0.750. The van der Waals surface area contributed by atoms with Gasteiger partial charge in [-0.2, -0.15) is 12.6 Å². The Kier molecular flexibility index (Phi) is 14.9. The number of carbonyl (C=O) groups excluding carboxylic acids is 5. The van der Waals surface area contributed by atoms with Gasteiger partial charge in [0, 0.05) is 29.3 Å². The van der Waals surface area contributed by atoms with E-state index in [-0.39, 0.29) is 36.7 Å². The van der Waals surface area contributed by atoms with E-state index in [9.17, 15) is 29.1 Å². The van der Waals surface area contributed by atoms with Gasteiger partial charge in [0.25, 0.3) is 0 Å². The number of amides is 4. The maximum absolute atomic E-state index is 13.9. The molecule has 4 amide bonds. The molecule has 1 heterocycles. The van der Waals surface area contributed by atoms with Gasteiger partial charge >= 0.3 is 0 Å². The van der Waals surface area contributed by atoms with Crippen LogP contribution in [0, 0.1) is 5.92 Å². The molecule has 0 bridgehead atoms. The van der Waals surface area contributed by atoms with Crippen LogP contribution in [0.15, 0.2) is 54.7 Å². The zero-order chi connectivity index (χ0) is 35.2. The first-order valence-electron chi connectivity index (χ1n) is 16.0. The number of carbonyl (C=O) groups is 4. The molecule has 1 aromatic heterocycles. The number of aromatic nitrogens is 1. The van der Waals surface area contributed by atoms with Crippen LogP contribution in [0.3, 0.4) is 0 Å². The molecule has 3 rings (SSSR count). The molecular weight excluding hydrogens is 634 g/mol. The molecule has 0 saturated heterocycles. The normalized spacial score (nSPS) is 14.4. The van der Waals surface area contributed by atoms with Gasteiger partial charge in [0.1, 0.15) is 29.9 Å². The Bertz CT molecular complexity index is 1530. The summed E-state index contributed by atoms with van der Waals surface area (Å²) in [5.74, 6) is -2.62. The first-order chi connectivity index (χ1) is 23.0. The highest BCUT2D eigenvalue weighted by molar-refractivity contribution is 7.80. The molecule has 48 heavy (non-hydrogen) atoms. The van der Waals surface area contributed by atoms with Crippen molar-refractivity contribution < 1.29 is 29.1 Å². The largest absolute Gasteiger partial charge is 0.508 e. The standard InChI is InChI=1S/C34H46N7O6S/c1-20(2)30(34(47)38-23(18-42)19-48)41-32(45)28(9-5-6-14-35)39-33(46)29(16-22-17-37-27-8-4-3-7-25(22)27)40-31(44)26(36)15-21-10-12-24(43)13-11-21/h3-4,7-8,10-13,17,20,23,26,28-30,37,43,48H,5-6,9,14-16,19,35-36H2,1-2H3,(H,38,47)(H,39,46)(H,40,44)(H,41,45)/t23-,26+,28+,29-,30+/m1/s1. The molecule has 0 aliphatic rings. The molecule has 14 heteroatoms. The highest BCUT2D eigenvalue weighted by Gasteiger charge is 2.32. The number of rotatable bonds is 19. The second-order valence-electron chi connectivity index (χ2n) is 12.0. The fourth-order valence-corrected chi connectivity index (χ4v) is 5.35. The Morgan fingerprint density at radius 1 is 0.875 bits per heavy atom. The number of hydrogen-bond acceptors (Lipinski definition) is 9. The van der Waals surface area contributed by atoms with Crippen molar-refractivity contribution >= 4 is 53.4 Å². The van der Waals surface area contributed by atoms with E-state index in [4.69, 9.17) is 11.5 Å². The molecule has 0 aliphatic carbocycles. The summed E-state index contributed by atoms with van der Waals surface area (Å²) in [6.45, 7) is 3.85. The highest BCUT2D eigenvalue weighted by atomic mass is 32.1. The summed E-state index contributed by atoms with van der Waals surface area (Å²) in [6.07, 6.45) is 5.03. The lowest BCUT2D eigenvalue weighted by Gasteiger charge is -2.27. The maximum atomic E-state index is 13.9. The SMILES string of the molecule is CC(C)[C@H](NC(=O)[C@H](CCCCN)NC(=O)[C@@H](Cc1c[nH]c2ccccc12)NC(=O)[C@@H](N)Cc1ccc(O)cc1)C(=O)N[C@H]([C]=O)CS. The van der Waals surface area contributed by atoms with E-state index in [1.165, 1.54) is 12.1 Å². The zero-order valence-corrected chi connectivity index (χ0v) is 28.1. The highest BCUT2D eigenvalue weighted by Crippen LogP contribution is 2.20. The first kappa shape index (κ1) is 38.1. The molecule has 10 N–H and O–H groups in total. The summed E-state index contributed by atoms with van der Waals surface area (Å²) in [4.78, 5) is 68.2. The van der Waals surface area contributed by atoms with E-state index < -0.39 is 53.8 Å². The summed E-state index contributed by atoms with van der Waals surface area (Å²) in [5, 5.41) is 21.3. The molecule has 0 spiro atoms. The van der Waals surface area contributed by atoms with E-state index in [1.54, 1.807) is 38.5 Å². The molecule has 0 fully saturated rings. The summed E-state index contributed by atoms with van der Waals surface area (Å²) in [7, 11) is 0. The molecule has 3 aromatic rings. The Labute approximate surface area is 285 Å². The van der Waals surface area contributed by atoms with Gasteiger partial charge in [-0.05, 0) is 67.5 Å². The Morgan fingerprint density at radius 2 is 1.54 bits per heavy atom. The second-order valence-corrected chi connectivity index (χ2v) is 12.4. The van der Waals surface area contributed by atoms with E-state index in [2.05, 4.69) is 38.9 Å². The molecule has 2 aromatic carbocycles. The first-order valence-corrected chi connectivity index (χ1v) is 16.6. The lowest BCUT2D eigenvalue weighted by atomic mass is 10.00. The average molecular weight is 681 g/mol. The number of aromatic hydroxyl groups is 1. The van der Waals surface area contributed by atoms with E-state index >= 15 is 0 Å². The van der Waals surface area contributed by atoms with E-state index in [0.717, 1.165) is 22.0 Å². The van der Waals surface area contributed by atoms with Crippen molar-refractivity contribution in [3.05, 3.63) is 65.9 Å². The lowest BCUT2D eigenvalue weighted by molar-refractivity contribution is -0.134. The van der Waals surface area contributed by atoms with Crippen molar-refractivity contribution in [2.75, 3.05) is 12.3 Å². The number of para-hydroxylation sites is 1. The monoisotopic (exact) mass is 680 g/mol. The molecule has 1 radical (unpaired) electrons. The molecule has 13 nitrogen and oxygen atoms in total. The number of nitrogens with one attached hydrogen (secondary N) is 5. The van der Waals surface area contributed by atoms with Crippen LogP contribution < -0.4 is 32.7 Å². The molecule has 0 saturated carbocycles. The van der Waals surface area contributed by atoms with Crippen molar-refractivity contribution in [2.24, 2.45) is 17.4 Å². The van der Waals surface area contributed by atoms with Gasteiger partial charge < -0.3 is 42.8 Å². The number of unbranched alkanes of at least 4 members (excludes halogenated alkanes) is 1. The molecule has 0 aliphatic heterocycles. The van der Waals surface area contributed by atoms with Gasteiger partial charge in [-0.1, -0.05) is 44.2 Å². The number of nitrogens with two attached hydrogens (primary N) is 2. The number of hydrogen-bond donors (Lipinski definition) is 9. The Balaban J connectivity index is 1.84. The van der Waals surface area contributed by atoms with Crippen LogP contribution in [0.4, 0.5) is 0 Å². The Morgan fingerprint density at radius 3 is 2.19 bits per heavy atom. The van der Waals surface area contributed by atoms with Gasteiger partial charge in [-0.15, -0.1) is 0 Å². The van der Waals surface area contributed by atoms with Crippen LogP contribution >= 0.6 is 12.6 Å². The van der Waals surface area contributed by atoms with Gasteiger partial charge in [0.2, 0.25) is 29.9 Å². The van der Waals surface area contributed by atoms with Crippen molar-refractivity contribution in [1.82, 2.24) is 26.3 Å². The summed E-state index contributed by atoms with van der Waals surface area (Å²) in [6, 6.07) is 8.69. The molecule has 5 atom stereocenters. The third-order valence-electron chi connectivity index (χ3n) is 7.93. The lowest BCUT2D eigenvalue weighted by Crippen LogP contribution is -2.59. The summed E-state index contributed by atoms with van der Waals surface area (Å²) >= 11 is 4.04. The van der Waals surface area contributed by atoms with Crippen LogP contribution in [0.1, 0.15) is 44.2 Å². The molecular formula is C34H46N7O6S. The second kappa shape index (κ2) is 18.8. The minimum Gasteiger partial charge on any atom is -0.508 e. The smallest absolute Gasteiger partial charge is 0.243 e. The van der Waals surface area contributed by atoms with Crippen LogP contribution in [0.25, 0.3) is 10.9 Å². The number of H-pyrrole nitrogens is 1. The number of phenolic OH excluding ortho intramolecular Hbond substituents is 1. The van der Waals surface area contributed by atoms with Gasteiger partial charge in [0.15, 0.2) is 0 Å². The summed E-state index contributed by atoms with van der Waals surface area (Å²) in [5.41, 5.74) is 14.3. The van der Waals surface area contributed by atoms with Crippen molar-refractivity contribution in [1.29, 1.82) is 0 Å². The third-order valence-corrected chi connectivity index (χ3v) is 8.29. The fourth-order valence-electron chi connectivity index (χ4n) is 5.18. The van der Waals surface area contributed by atoms with E-state index in [1.807, 2.05) is 24.3 Å². The van der Waals surface area contributed by atoms with Crippen molar-refractivity contribution in [2.45, 2.75) is 76.2 Å². The molecule has 259 valence electrons. The van der Waals surface area contributed by atoms with Crippen molar-refractivity contribution in [3.8, 4) is 5.75 Å². The number of benzene rings is 2. The number of fused-ring (bicyclic) bond motifs is 1. The van der Waals surface area contributed by atoms with Crippen LogP contribution in [0.5, 0.6) is 5.75 Å². The van der Waals surface area contributed by atoms with Crippen molar-refractivity contribution in [3.63, 3.8) is 0 Å². The van der Waals surface area contributed by atoms with Gasteiger partial charge in [-0.25, -0.2) is 0 Å². The van der Waals surface area contributed by atoms with Gasteiger partial charge in [0.05, 0.1) is 6.04 Å². The quantitative estimate of drug-likeness (QED) is 0.0648. The summed E-state index contributed by atoms with van der Waals surface area (Å²) < 4.78 is 0. The third kappa shape index (κ3) is 11.1.